The third kappa shape index (κ3) is 5.56. The van der Waals surface area contributed by atoms with Crippen molar-refractivity contribution in [3.63, 3.8) is 0 Å². The zero-order chi connectivity index (χ0) is 13.4. The van der Waals surface area contributed by atoms with Crippen LogP contribution in [0.5, 0.6) is 0 Å². The van der Waals surface area contributed by atoms with Crippen molar-refractivity contribution in [1.82, 2.24) is 5.32 Å². The Morgan fingerprint density at radius 2 is 2.00 bits per heavy atom. The lowest BCUT2D eigenvalue weighted by atomic mass is 9.93. The molecule has 0 spiro atoms. The van der Waals surface area contributed by atoms with Crippen LogP contribution in [0.2, 0.25) is 0 Å². The summed E-state index contributed by atoms with van der Waals surface area (Å²) in [5.41, 5.74) is 5.53. The van der Waals surface area contributed by atoms with Gasteiger partial charge in [0.05, 0.1) is 0 Å². The Morgan fingerprint density at radius 3 is 2.41 bits per heavy atom. The number of nitrogens with one attached hydrogen (secondary N) is 1. The first-order valence-electron chi connectivity index (χ1n) is 6.21. The maximum atomic E-state index is 12.0. The van der Waals surface area contributed by atoms with Crippen molar-refractivity contribution in [2.45, 2.75) is 53.0 Å². The summed E-state index contributed by atoms with van der Waals surface area (Å²) < 4.78 is 0. The molecular formula is C12H25N3O2. The predicted molar refractivity (Wildman–Crippen MR) is 68.9 cm³/mol. The third-order valence-corrected chi connectivity index (χ3v) is 2.76. The Labute approximate surface area is 103 Å². The third-order valence-electron chi connectivity index (χ3n) is 2.76. The summed E-state index contributed by atoms with van der Waals surface area (Å²) >= 11 is 0. The Balaban J connectivity index is 4.44. The van der Waals surface area contributed by atoms with E-state index in [0.29, 0.717) is 0 Å². The van der Waals surface area contributed by atoms with E-state index >= 15 is 0 Å². The SMILES string of the molecule is CCCCC(C)NC(=O)C(C(N)=NO)C(C)C. The maximum absolute atomic E-state index is 12.0. The molecule has 5 nitrogen and oxygen atoms in total. The first-order chi connectivity index (χ1) is 7.93. The molecule has 0 aliphatic rings. The van der Waals surface area contributed by atoms with E-state index in [-0.39, 0.29) is 23.7 Å². The number of hydrogen-bond acceptors (Lipinski definition) is 3. The van der Waals surface area contributed by atoms with Gasteiger partial charge >= 0.3 is 0 Å². The van der Waals surface area contributed by atoms with Crippen LogP contribution in [0.25, 0.3) is 0 Å². The van der Waals surface area contributed by atoms with Gasteiger partial charge in [-0.1, -0.05) is 38.8 Å². The molecule has 2 atom stereocenters. The predicted octanol–water partition coefficient (Wildman–Crippen LogP) is 1.70. The smallest absolute Gasteiger partial charge is 0.231 e. The lowest BCUT2D eigenvalue weighted by molar-refractivity contribution is -0.124. The van der Waals surface area contributed by atoms with Crippen LogP contribution < -0.4 is 11.1 Å². The number of hydrogen-bond donors (Lipinski definition) is 3. The van der Waals surface area contributed by atoms with Crippen molar-refractivity contribution < 1.29 is 10.0 Å². The van der Waals surface area contributed by atoms with E-state index in [4.69, 9.17) is 10.9 Å². The van der Waals surface area contributed by atoms with Crippen LogP contribution in [-0.2, 0) is 4.79 Å². The largest absolute Gasteiger partial charge is 0.409 e. The number of nitrogens with two attached hydrogens (primary N) is 1. The standard InChI is InChI=1S/C12H25N3O2/c1-5-6-7-9(4)14-12(16)10(8(2)3)11(13)15-17/h8-10,17H,5-7H2,1-4H3,(H2,13,15)(H,14,16). The Morgan fingerprint density at radius 1 is 1.41 bits per heavy atom. The minimum atomic E-state index is -0.566. The molecule has 0 aromatic rings. The van der Waals surface area contributed by atoms with Gasteiger partial charge in [-0.15, -0.1) is 0 Å². The van der Waals surface area contributed by atoms with E-state index in [2.05, 4.69) is 17.4 Å². The van der Waals surface area contributed by atoms with Gasteiger partial charge in [0.15, 0.2) is 5.84 Å². The van der Waals surface area contributed by atoms with Gasteiger partial charge in [0, 0.05) is 6.04 Å². The maximum Gasteiger partial charge on any atom is 0.231 e. The number of nitrogens with zero attached hydrogens (tertiary/aromatic N) is 1. The van der Waals surface area contributed by atoms with Crippen molar-refractivity contribution in [3.8, 4) is 0 Å². The van der Waals surface area contributed by atoms with Gasteiger partial charge in [-0.25, -0.2) is 0 Å². The first kappa shape index (κ1) is 15.7. The molecular weight excluding hydrogens is 218 g/mol. The lowest BCUT2D eigenvalue weighted by Crippen LogP contribution is -2.44. The Hall–Kier alpha value is -1.26. The molecule has 0 radical (unpaired) electrons. The second-order valence-corrected chi connectivity index (χ2v) is 4.80. The molecule has 0 fully saturated rings. The second kappa shape index (κ2) is 7.92. The number of amidine groups is 1. The van der Waals surface area contributed by atoms with Crippen LogP contribution in [0, 0.1) is 11.8 Å². The van der Waals surface area contributed by atoms with Crippen molar-refractivity contribution in [3.05, 3.63) is 0 Å². The molecule has 0 aliphatic carbocycles. The molecule has 0 rings (SSSR count). The van der Waals surface area contributed by atoms with Gasteiger partial charge in [-0.05, 0) is 19.3 Å². The van der Waals surface area contributed by atoms with Crippen LogP contribution in [0.4, 0.5) is 0 Å². The highest BCUT2D eigenvalue weighted by molar-refractivity contribution is 6.02. The first-order valence-corrected chi connectivity index (χ1v) is 6.21. The monoisotopic (exact) mass is 243 g/mol. The summed E-state index contributed by atoms with van der Waals surface area (Å²) in [5, 5.41) is 14.5. The van der Waals surface area contributed by atoms with Crippen LogP contribution in [0.3, 0.4) is 0 Å². The van der Waals surface area contributed by atoms with Gasteiger partial charge in [-0.2, -0.15) is 0 Å². The van der Waals surface area contributed by atoms with Gasteiger partial charge in [-0.3, -0.25) is 4.79 Å². The molecule has 0 bridgehead atoms. The highest BCUT2D eigenvalue weighted by Gasteiger charge is 2.27. The normalized spacial score (nSPS) is 15.7. The molecule has 0 aromatic heterocycles. The fraction of sp³-hybridized carbons (Fsp3) is 0.833. The highest BCUT2D eigenvalue weighted by atomic mass is 16.4. The van der Waals surface area contributed by atoms with Crippen molar-refractivity contribution in [2.24, 2.45) is 22.7 Å². The molecule has 0 heterocycles. The van der Waals surface area contributed by atoms with Crippen molar-refractivity contribution in [1.29, 1.82) is 0 Å². The summed E-state index contributed by atoms with van der Waals surface area (Å²) in [6, 6.07) is 0.121. The van der Waals surface area contributed by atoms with E-state index in [9.17, 15) is 4.79 Å². The summed E-state index contributed by atoms with van der Waals surface area (Å²) in [4.78, 5) is 12.0. The lowest BCUT2D eigenvalue weighted by Gasteiger charge is -2.21. The van der Waals surface area contributed by atoms with Crippen LogP contribution in [0.15, 0.2) is 5.16 Å². The van der Waals surface area contributed by atoms with Gasteiger partial charge in [0.25, 0.3) is 0 Å². The minimum absolute atomic E-state index is 0.00396. The number of amides is 1. The molecule has 100 valence electrons. The molecule has 17 heavy (non-hydrogen) atoms. The summed E-state index contributed by atoms with van der Waals surface area (Å²) in [5.74, 6) is -0.757. The number of rotatable bonds is 7. The Bertz CT molecular complexity index is 264. The fourth-order valence-corrected chi connectivity index (χ4v) is 1.76. The summed E-state index contributed by atoms with van der Waals surface area (Å²) in [7, 11) is 0. The number of unbranched alkanes of at least 4 members (excludes halogenated alkanes) is 1. The van der Waals surface area contributed by atoms with E-state index < -0.39 is 5.92 Å². The minimum Gasteiger partial charge on any atom is -0.409 e. The molecule has 0 aromatic carbocycles. The van der Waals surface area contributed by atoms with Crippen LogP contribution in [0.1, 0.15) is 47.0 Å². The highest BCUT2D eigenvalue weighted by Crippen LogP contribution is 2.12. The zero-order valence-electron chi connectivity index (χ0n) is 11.2. The fourth-order valence-electron chi connectivity index (χ4n) is 1.76. The topological polar surface area (TPSA) is 87.7 Å². The second-order valence-electron chi connectivity index (χ2n) is 4.80. The summed E-state index contributed by atoms with van der Waals surface area (Å²) in [6.45, 7) is 7.83. The van der Waals surface area contributed by atoms with Gasteiger partial charge in [0.2, 0.25) is 5.91 Å². The average molecular weight is 243 g/mol. The molecule has 5 heteroatoms. The summed E-state index contributed by atoms with van der Waals surface area (Å²) in [6.07, 6.45) is 3.13. The van der Waals surface area contributed by atoms with Crippen LogP contribution >= 0.6 is 0 Å². The van der Waals surface area contributed by atoms with Crippen molar-refractivity contribution in [2.75, 3.05) is 0 Å². The number of oxime groups is 1. The van der Waals surface area contributed by atoms with E-state index in [1.807, 2.05) is 20.8 Å². The average Bonchev–Trinajstić information content (AvgIpc) is 2.25. The van der Waals surface area contributed by atoms with E-state index in [1.54, 1.807) is 0 Å². The number of carbonyl (C=O) groups is 1. The van der Waals surface area contributed by atoms with Gasteiger partial charge in [0.1, 0.15) is 5.92 Å². The zero-order valence-corrected chi connectivity index (χ0v) is 11.2. The molecule has 4 N–H and O–H groups in total. The van der Waals surface area contributed by atoms with Crippen molar-refractivity contribution >= 4 is 11.7 Å². The molecule has 0 saturated carbocycles. The van der Waals surface area contributed by atoms with Gasteiger partial charge < -0.3 is 16.3 Å². The van der Waals surface area contributed by atoms with Crippen LogP contribution in [-0.4, -0.2) is 23.0 Å². The van der Waals surface area contributed by atoms with E-state index in [0.717, 1.165) is 19.3 Å². The molecule has 1 amide bonds. The molecule has 0 aliphatic heterocycles. The molecule has 0 saturated heterocycles. The molecule has 2 unspecified atom stereocenters. The Kier molecular flexibility index (Phi) is 7.34. The van der Waals surface area contributed by atoms with E-state index in [1.165, 1.54) is 0 Å². The number of carbonyl (C=O) groups excluding carboxylic acids is 1. The quantitative estimate of drug-likeness (QED) is 0.275.